The predicted molar refractivity (Wildman–Crippen MR) is 136 cm³/mol. The minimum Gasteiger partial charge on any atom is -0.341 e. The maximum atomic E-state index is 12.9. The number of nitro groups is 1. The number of likely N-dealkylation sites (tertiary alicyclic amines) is 1. The average molecular weight is 512 g/mol. The molecule has 0 N–H and O–H groups in total. The Labute approximate surface area is 211 Å². The topological polar surface area (TPSA) is 101 Å². The monoisotopic (exact) mass is 511 g/mol. The maximum Gasteiger partial charge on any atom is 0.294 e. The van der Waals surface area contributed by atoms with Gasteiger partial charge in [0.05, 0.1) is 14.7 Å². The first kappa shape index (κ1) is 25.0. The van der Waals surface area contributed by atoms with Crippen molar-refractivity contribution < 1.29 is 19.3 Å². The highest BCUT2D eigenvalue weighted by Crippen LogP contribution is 2.37. The number of carbonyl (C=O) groups is 3. The molecule has 2 aromatic carbocycles. The van der Waals surface area contributed by atoms with Gasteiger partial charge in [0.25, 0.3) is 16.8 Å². The lowest BCUT2D eigenvalue weighted by molar-refractivity contribution is -0.387. The highest BCUT2D eigenvalue weighted by molar-refractivity contribution is 8.18. The number of thioether (sulfide) groups is 1. The van der Waals surface area contributed by atoms with Crippen molar-refractivity contribution in [3.8, 4) is 0 Å². The van der Waals surface area contributed by atoms with Crippen molar-refractivity contribution >= 4 is 52.3 Å². The van der Waals surface area contributed by atoms with Crippen LogP contribution >= 0.6 is 23.5 Å². The molecule has 4 rings (SSSR count). The van der Waals surface area contributed by atoms with Gasteiger partial charge in [-0.25, -0.2) is 0 Å². The molecule has 182 valence electrons. The molecule has 0 bridgehead atoms. The van der Waals surface area contributed by atoms with Crippen molar-refractivity contribution in [2.45, 2.75) is 36.5 Å². The lowest BCUT2D eigenvalue weighted by Gasteiger charge is -2.31. The molecule has 8 nitrogen and oxygen atoms in total. The molecule has 10 heteroatoms. The van der Waals surface area contributed by atoms with E-state index in [9.17, 15) is 24.5 Å². The Kier molecular flexibility index (Phi) is 7.61. The molecule has 2 aliphatic heterocycles. The van der Waals surface area contributed by atoms with Crippen LogP contribution in [0.2, 0.25) is 0 Å². The summed E-state index contributed by atoms with van der Waals surface area (Å²) in [5.41, 5.74) is 1.45. The van der Waals surface area contributed by atoms with E-state index in [-0.39, 0.29) is 23.0 Å². The highest BCUT2D eigenvalue weighted by atomic mass is 32.2. The SMILES string of the molecule is Cc1ccc(Sc2ccc(/C=C3\SC(=O)N(CC(=O)N4CCC(C)CC4)C3=O)cc2[N+](=O)[O-])cc1. The lowest BCUT2D eigenvalue weighted by Crippen LogP contribution is -2.45. The van der Waals surface area contributed by atoms with Gasteiger partial charge < -0.3 is 4.90 Å². The van der Waals surface area contributed by atoms with Crippen LogP contribution in [0.5, 0.6) is 0 Å². The van der Waals surface area contributed by atoms with Gasteiger partial charge in [-0.3, -0.25) is 29.4 Å². The molecule has 0 saturated carbocycles. The van der Waals surface area contributed by atoms with E-state index in [2.05, 4.69) is 6.92 Å². The quantitative estimate of drug-likeness (QED) is 0.293. The van der Waals surface area contributed by atoms with E-state index < -0.39 is 16.1 Å². The van der Waals surface area contributed by atoms with Crippen molar-refractivity contribution in [2.24, 2.45) is 5.92 Å². The maximum absolute atomic E-state index is 12.9. The summed E-state index contributed by atoms with van der Waals surface area (Å²) in [6, 6.07) is 12.4. The molecule has 3 amide bonds. The summed E-state index contributed by atoms with van der Waals surface area (Å²) in [5.74, 6) is -0.238. The van der Waals surface area contributed by atoms with E-state index in [1.54, 1.807) is 17.0 Å². The van der Waals surface area contributed by atoms with Gasteiger partial charge in [0, 0.05) is 24.1 Å². The third kappa shape index (κ3) is 5.94. The third-order valence-corrected chi connectivity index (χ3v) is 8.01. The molecule has 2 fully saturated rings. The summed E-state index contributed by atoms with van der Waals surface area (Å²) in [7, 11) is 0. The number of rotatable bonds is 6. The van der Waals surface area contributed by atoms with Crippen LogP contribution in [0.15, 0.2) is 57.2 Å². The fraction of sp³-hybridized carbons (Fsp3) is 0.320. The number of carbonyl (C=O) groups excluding carboxylic acids is 3. The molecule has 0 aromatic heterocycles. The summed E-state index contributed by atoms with van der Waals surface area (Å²) >= 11 is 2.03. The molecular weight excluding hydrogens is 486 g/mol. The number of aryl methyl sites for hydroxylation is 1. The van der Waals surface area contributed by atoms with E-state index in [1.807, 2.05) is 31.2 Å². The van der Waals surface area contributed by atoms with E-state index >= 15 is 0 Å². The van der Waals surface area contributed by atoms with E-state index in [0.717, 1.165) is 40.0 Å². The summed E-state index contributed by atoms with van der Waals surface area (Å²) in [4.78, 5) is 53.3. The molecule has 0 radical (unpaired) electrons. The molecule has 2 heterocycles. The fourth-order valence-electron chi connectivity index (χ4n) is 3.87. The van der Waals surface area contributed by atoms with Crippen molar-refractivity contribution in [1.82, 2.24) is 9.80 Å². The highest BCUT2D eigenvalue weighted by Gasteiger charge is 2.37. The number of imide groups is 1. The van der Waals surface area contributed by atoms with Crippen LogP contribution < -0.4 is 0 Å². The predicted octanol–water partition coefficient (Wildman–Crippen LogP) is 5.35. The van der Waals surface area contributed by atoms with Gasteiger partial charge in [0.15, 0.2) is 0 Å². The average Bonchev–Trinajstić information content (AvgIpc) is 3.09. The second-order valence-corrected chi connectivity index (χ2v) is 10.8. The molecule has 2 saturated heterocycles. The Balaban J connectivity index is 1.49. The fourth-order valence-corrected chi connectivity index (χ4v) is 5.61. The zero-order chi connectivity index (χ0) is 25.1. The zero-order valence-corrected chi connectivity index (χ0v) is 21.1. The van der Waals surface area contributed by atoms with Crippen molar-refractivity contribution in [1.29, 1.82) is 0 Å². The number of nitrogens with zero attached hydrogens (tertiary/aromatic N) is 3. The number of hydrogen-bond donors (Lipinski definition) is 0. The van der Waals surface area contributed by atoms with Crippen LogP contribution in [0.25, 0.3) is 6.08 Å². The molecule has 0 unspecified atom stereocenters. The van der Waals surface area contributed by atoms with Crippen molar-refractivity contribution in [3.63, 3.8) is 0 Å². The van der Waals surface area contributed by atoms with Crippen molar-refractivity contribution in [2.75, 3.05) is 19.6 Å². The first-order valence-corrected chi connectivity index (χ1v) is 12.9. The number of piperidine rings is 1. The molecule has 0 aliphatic carbocycles. The van der Waals surface area contributed by atoms with Gasteiger partial charge in [-0.1, -0.05) is 42.4 Å². The number of amides is 3. The van der Waals surface area contributed by atoms with E-state index in [4.69, 9.17) is 0 Å². The minimum atomic E-state index is -0.556. The van der Waals surface area contributed by atoms with Crippen molar-refractivity contribution in [3.05, 3.63) is 68.6 Å². The van der Waals surface area contributed by atoms with E-state index in [0.29, 0.717) is 29.5 Å². The van der Waals surface area contributed by atoms with E-state index in [1.165, 1.54) is 23.9 Å². The summed E-state index contributed by atoms with van der Waals surface area (Å²) in [6.07, 6.45) is 3.28. The second kappa shape index (κ2) is 10.7. The van der Waals surface area contributed by atoms with Crippen LogP contribution in [0.4, 0.5) is 10.5 Å². The molecule has 35 heavy (non-hydrogen) atoms. The van der Waals surface area contributed by atoms with Crippen LogP contribution in [0.1, 0.15) is 30.9 Å². The summed E-state index contributed by atoms with van der Waals surface area (Å²) in [5, 5.41) is 11.2. The standard InChI is InChI=1S/C25H25N3O5S2/c1-16-3-6-19(7-4-16)34-21-8-5-18(13-20(21)28(32)33)14-22-24(30)27(25(31)35-22)15-23(29)26-11-9-17(2)10-12-26/h3-8,13-14,17H,9-12,15H2,1-2H3/b22-14-. The van der Waals surface area contributed by atoms with Gasteiger partial charge >= 0.3 is 0 Å². The van der Waals surface area contributed by atoms with Gasteiger partial charge in [0.2, 0.25) is 5.91 Å². The smallest absolute Gasteiger partial charge is 0.294 e. The van der Waals surface area contributed by atoms with Gasteiger partial charge in [-0.15, -0.1) is 0 Å². The second-order valence-electron chi connectivity index (χ2n) is 8.73. The first-order chi connectivity index (χ1) is 16.7. The number of benzene rings is 2. The third-order valence-electron chi connectivity index (χ3n) is 6.03. The van der Waals surface area contributed by atoms with Crippen LogP contribution in [-0.4, -0.2) is 51.4 Å². The Morgan fingerprint density at radius 2 is 1.86 bits per heavy atom. The lowest BCUT2D eigenvalue weighted by atomic mass is 9.99. The Hall–Kier alpha value is -3.11. The molecule has 2 aliphatic rings. The zero-order valence-electron chi connectivity index (χ0n) is 19.4. The summed E-state index contributed by atoms with van der Waals surface area (Å²) in [6.45, 7) is 5.08. The van der Waals surface area contributed by atoms with Crippen LogP contribution in [-0.2, 0) is 9.59 Å². The largest absolute Gasteiger partial charge is 0.341 e. The Morgan fingerprint density at radius 1 is 1.17 bits per heavy atom. The molecule has 2 aromatic rings. The van der Waals surface area contributed by atoms with Gasteiger partial charge in [0.1, 0.15) is 6.54 Å². The Morgan fingerprint density at radius 3 is 2.51 bits per heavy atom. The molecule has 0 spiro atoms. The summed E-state index contributed by atoms with van der Waals surface area (Å²) < 4.78 is 0. The molecule has 0 atom stereocenters. The number of nitro benzene ring substituents is 1. The minimum absolute atomic E-state index is 0.0851. The van der Waals surface area contributed by atoms with Crippen LogP contribution in [0, 0.1) is 23.0 Å². The normalized spacial score (nSPS) is 17.9. The molecular formula is C25H25N3O5S2. The van der Waals surface area contributed by atoms with Gasteiger partial charge in [-0.05, 0) is 67.3 Å². The van der Waals surface area contributed by atoms with Crippen LogP contribution in [0.3, 0.4) is 0 Å². The Bertz CT molecular complexity index is 1200. The number of hydrogen-bond acceptors (Lipinski definition) is 7. The first-order valence-electron chi connectivity index (χ1n) is 11.3. The van der Waals surface area contributed by atoms with Gasteiger partial charge in [-0.2, -0.15) is 0 Å².